The smallest absolute Gasteiger partial charge is 0.219 e. The SMILES string of the molecule is CCNC(=NCC1CCCN(C)C1)N1CCN(C(C)=O)CC1.I. The Morgan fingerprint density at radius 2 is 1.83 bits per heavy atom. The predicted octanol–water partition coefficient (Wildman–Crippen LogP) is 1.08. The van der Waals surface area contributed by atoms with Crippen LogP contribution >= 0.6 is 24.0 Å². The van der Waals surface area contributed by atoms with E-state index in [-0.39, 0.29) is 29.9 Å². The fourth-order valence-electron chi connectivity index (χ4n) is 3.30. The zero-order chi connectivity index (χ0) is 15.9. The minimum atomic E-state index is 0. The Morgan fingerprint density at radius 3 is 2.39 bits per heavy atom. The molecule has 2 rings (SSSR count). The molecular formula is C16H32IN5O. The molecule has 7 heteroatoms. The molecule has 0 aliphatic carbocycles. The number of hydrogen-bond acceptors (Lipinski definition) is 3. The lowest BCUT2D eigenvalue weighted by atomic mass is 9.99. The second kappa shape index (κ2) is 10.3. The maximum atomic E-state index is 11.4. The number of amides is 1. The third kappa shape index (κ3) is 6.45. The maximum Gasteiger partial charge on any atom is 0.219 e. The molecule has 2 heterocycles. The highest BCUT2D eigenvalue weighted by Gasteiger charge is 2.22. The van der Waals surface area contributed by atoms with Crippen molar-refractivity contribution in [2.45, 2.75) is 26.7 Å². The summed E-state index contributed by atoms with van der Waals surface area (Å²) in [7, 11) is 2.20. The zero-order valence-corrected chi connectivity index (χ0v) is 17.1. The summed E-state index contributed by atoms with van der Waals surface area (Å²) in [5.41, 5.74) is 0. The van der Waals surface area contributed by atoms with Crippen LogP contribution < -0.4 is 5.32 Å². The highest BCUT2D eigenvalue weighted by molar-refractivity contribution is 14.0. The molecule has 0 bridgehead atoms. The van der Waals surface area contributed by atoms with Crippen molar-refractivity contribution in [1.82, 2.24) is 20.0 Å². The highest BCUT2D eigenvalue weighted by atomic mass is 127. The molecule has 1 N–H and O–H groups in total. The van der Waals surface area contributed by atoms with Crippen molar-refractivity contribution in [3.63, 3.8) is 0 Å². The number of piperazine rings is 1. The van der Waals surface area contributed by atoms with E-state index in [2.05, 4.69) is 29.1 Å². The van der Waals surface area contributed by atoms with Gasteiger partial charge in [-0.2, -0.15) is 0 Å². The lowest BCUT2D eigenvalue weighted by Gasteiger charge is -2.36. The fraction of sp³-hybridized carbons (Fsp3) is 0.875. The molecule has 134 valence electrons. The molecule has 0 aromatic heterocycles. The summed E-state index contributed by atoms with van der Waals surface area (Å²) < 4.78 is 0. The van der Waals surface area contributed by atoms with E-state index in [0.717, 1.165) is 51.8 Å². The van der Waals surface area contributed by atoms with Crippen LogP contribution in [0.15, 0.2) is 4.99 Å². The van der Waals surface area contributed by atoms with E-state index in [9.17, 15) is 4.79 Å². The van der Waals surface area contributed by atoms with Gasteiger partial charge in [0.15, 0.2) is 5.96 Å². The second-order valence-electron chi connectivity index (χ2n) is 6.46. The van der Waals surface area contributed by atoms with Gasteiger partial charge in [-0.15, -0.1) is 24.0 Å². The van der Waals surface area contributed by atoms with Crippen LogP contribution in [-0.4, -0.2) is 86.0 Å². The second-order valence-corrected chi connectivity index (χ2v) is 6.46. The molecular weight excluding hydrogens is 405 g/mol. The first kappa shape index (κ1) is 20.5. The van der Waals surface area contributed by atoms with Gasteiger partial charge in [0.2, 0.25) is 5.91 Å². The van der Waals surface area contributed by atoms with Crippen LogP contribution in [-0.2, 0) is 4.79 Å². The van der Waals surface area contributed by atoms with E-state index in [0.29, 0.717) is 5.92 Å². The summed E-state index contributed by atoms with van der Waals surface area (Å²) in [6, 6.07) is 0. The Kier molecular flexibility index (Phi) is 9.19. The third-order valence-electron chi connectivity index (χ3n) is 4.58. The van der Waals surface area contributed by atoms with Gasteiger partial charge in [0.25, 0.3) is 0 Å². The average molecular weight is 437 g/mol. The topological polar surface area (TPSA) is 51.2 Å². The summed E-state index contributed by atoms with van der Waals surface area (Å²) in [5.74, 6) is 1.86. The zero-order valence-electron chi connectivity index (χ0n) is 14.8. The Hall–Kier alpha value is -0.570. The largest absolute Gasteiger partial charge is 0.357 e. The van der Waals surface area contributed by atoms with E-state index >= 15 is 0 Å². The Bertz CT molecular complexity index is 396. The highest BCUT2D eigenvalue weighted by Crippen LogP contribution is 2.15. The molecule has 1 amide bonds. The Labute approximate surface area is 157 Å². The minimum Gasteiger partial charge on any atom is -0.357 e. The quantitative estimate of drug-likeness (QED) is 0.408. The number of carbonyl (C=O) groups is 1. The normalized spacial score (nSPS) is 23.4. The molecule has 0 aromatic rings. The van der Waals surface area contributed by atoms with Gasteiger partial charge in [0.05, 0.1) is 0 Å². The van der Waals surface area contributed by atoms with Gasteiger partial charge in [-0.05, 0) is 39.3 Å². The van der Waals surface area contributed by atoms with Gasteiger partial charge < -0.3 is 20.0 Å². The number of nitrogens with one attached hydrogen (secondary N) is 1. The Balaban J connectivity index is 0.00000264. The van der Waals surface area contributed by atoms with Crippen molar-refractivity contribution in [2.24, 2.45) is 10.9 Å². The van der Waals surface area contributed by atoms with Crippen molar-refractivity contribution in [2.75, 3.05) is 59.4 Å². The van der Waals surface area contributed by atoms with Crippen molar-refractivity contribution in [3.8, 4) is 0 Å². The van der Waals surface area contributed by atoms with Crippen LogP contribution in [0.1, 0.15) is 26.7 Å². The van der Waals surface area contributed by atoms with Crippen LogP contribution in [0.5, 0.6) is 0 Å². The first-order valence-corrected chi connectivity index (χ1v) is 8.57. The van der Waals surface area contributed by atoms with E-state index in [4.69, 9.17) is 4.99 Å². The van der Waals surface area contributed by atoms with Crippen LogP contribution in [0.3, 0.4) is 0 Å². The molecule has 2 aliphatic heterocycles. The molecule has 0 spiro atoms. The number of piperidine rings is 1. The van der Waals surface area contributed by atoms with Gasteiger partial charge in [-0.25, -0.2) is 0 Å². The number of carbonyl (C=O) groups excluding carboxylic acids is 1. The van der Waals surface area contributed by atoms with Gasteiger partial charge in [-0.3, -0.25) is 9.79 Å². The fourth-order valence-corrected chi connectivity index (χ4v) is 3.30. The van der Waals surface area contributed by atoms with Gasteiger partial charge >= 0.3 is 0 Å². The molecule has 2 saturated heterocycles. The summed E-state index contributed by atoms with van der Waals surface area (Å²) >= 11 is 0. The molecule has 2 aliphatic rings. The first-order chi connectivity index (χ1) is 10.6. The van der Waals surface area contributed by atoms with Crippen molar-refractivity contribution in [3.05, 3.63) is 0 Å². The number of guanidine groups is 1. The van der Waals surface area contributed by atoms with Crippen molar-refractivity contribution in [1.29, 1.82) is 0 Å². The molecule has 0 saturated carbocycles. The number of aliphatic imine (C=N–C) groups is 1. The molecule has 1 atom stereocenters. The third-order valence-corrected chi connectivity index (χ3v) is 4.58. The van der Waals surface area contributed by atoms with Gasteiger partial charge in [0, 0.05) is 52.7 Å². The van der Waals surface area contributed by atoms with Crippen LogP contribution in [0.4, 0.5) is 0 Å². The summed E-state index contributed by atoms with van der Waals surface area (Å²) in [6.45, 7) is 11.2. The van der Waals surface area contributed by atoms with E-state index in [1.807, 2.05) is 4.90 Å². The molecule has 1 unspecified atom stereocenters. The first-order valence-electron chi connectivity index (χ1n) is 8.57. The number of halogens is 1. The molecule has 23 heavy (non-hydrogen) atoms. The standard InChI is InChI=1S/C16H31N5O.HI/c1-4-17-16(18-12-15-6-5-7-19(3)13-15)21-10-8-20(9-11-21)14(2)22;/h15H,4-13H2,1-3H3,(H,17,18);1H. The van der Waals surface area contributed by atoms with Gasteiger partial charge in [0.1, 0.15) is 0 Å². The maximum absolute atomic E-state index is 11.4. The number of likely N-dealkylation sites (tertiary alicyclic amines) is 1. The van der Waals surface area contributed by atoms with E-state index in [1.165, 1.54) is 19.4 Å². The van der Waals surface area contributed by atoms with E-state index < -0.39 is 0 Å². The van der Waals surface area contributed by atoms with Crippen LogP contribution in [0, 0.1) is 5.92 Å². The number of hydrogen-bond donors (Lipinski definition) is 1. The molecule has 0 aromatic carbocycles. The van der Waals surface area contributed by atoms with Crippen molar-refractivity contribution >= 4 is 35.8 Å². The summed E-state index contributed by atoms with van der Waals surface area (Å²) in [6.07, 6.45) is 2.57. The number of nitrogens with zero attached hydrogens (tertiary/aromatic N) is 4. The van der Waals surface area contributed by atoms with Crippen LogP contribution in [0.25, 0.3) is 0 Å². The van der Waals surface area contributed by atoms with Crippen molar-refractivity contribution < 1.29 is 4.79 Å². The minimum absolute atomic E-state index is 0. The monoisotopic (exact) mass is 437 g/mol. The molecule has 2 fully saturated rings. The van der Waals surface area contributed by atoms with Gasteiger partial charge in [-0.1, -0.05) is 0 Å². The van der Waals surface area contributed by atoms with E-state index in [1.54, 1.807) is 6.92 Å². The number of rotatable bonds is 3. The molecule has 6 nitrogen and oxygen atoms in total. The van der Waals surface area contributed by atoms with Crippen LogP contribution in [0.2, 0.25) is 0 Å². The lowest BCUT2D eigenvalue weighted by molar-refractivity contribution is -0.130. The average Bonchev–Trinajstić information content (AvgIpc) is 2.51. The molecule has 0 radical (unpaired) electrons. The summed E-state index contributed by atoms with van der Waals surface area (Å²) in [4.78, 5) is 22.9. The summed E-state index contributed by atoms with van der Waals surface area (Å²) in [5, 5.41) is 3.41. The lowest BCUT2D eigenvalue weighted by Crippen LogP contribution is -2.53. The Morgan fingerprint density at radius 1 is 1.17 bits per heavy atom. The predicted molar refractivity (Wildman–Crippen MR) is 105 cm³/mol.